The number of carbonyl (C=O) groups is 1. The van der Waals surface area contributed by atoms with Crippen LogP contribution in [0.2, 0.25) is 0 Å². The lowest BCUT2D eigenvalue weighted by Gasteiger charge is -2.34. The van der Waals surface area contributed by atoms with E-state index in [0.717, 1.165) is 48.5 Å². The summed E-state index contributed by atoms with van der Waals surface area (Å²) >= 11 is 0. The van der Waals surface area contributed by atoms with Crippen LogP contribution in [0.3, 0.4) is 0 Å². The molecule has 1 fully saturated rings. The Kier molecular flexibility index (Phi) is 5.64. The van der Waals surface area contributed by atoms with E-state index in [0.29, 0.717) is 18.4 Å². The van der Waals surface area contributed by atoms with Crippen molar-refractivity contribution in [2.24, 2.45) is 5.92 Å². The lowest BCUT2D eigenvalue weighted by molar-refractivity contribution is 0.251. The smallest absolute Gasteiger partial charge is 0.319 e. The third-order valence-electron chi connectivity index (χ3n) is 5.34. The van der Waals surface area contributed by atoms with Gasteiger partial charge in [-0.05, 0) is 42.5 Å². The van der Waals surface area contributed by atoms with E-state index in [4.69, 9.17) is 0 Å². The van der Waals surface area contributed by atoms with Crippen LogP contribution in [0.25, 0.3) is 11.0 Å². The molecule has 2 amide bonds. The van der Waals surface area contributed by atoms with E-state index in [1.165, 1.54) is 5.56 Å². The number of fused-ring (bicyclic) bond motifs is 1. The molecule has 3 N–H and O–H groups in total. The summed E-state index contributed by atoms with van der Waals surface area (Å²) in [4.78, 5) is 26.5. The van der Waals surface area contributed by atoms with Crippen LogP contribution in [-0.4, -0.2) is 40.6 Å². The van der Waals surface area contributed by atoms with E-state index in [9.17, 15) is 4.79 Å². The van der Waals surface area contributed by atoms with Gasteiger partial charge in [-0.15, -0.1) is 0 Å². The molecule has 7 nitrogen and oxygen atoms in total. The molecular weight excluding hydrogens is 364 g/mol. The van der Waals surface area contributed by atoms with E-state index < -0.39 is 0 Å². The number of piperidine rings is 1. The van der Waals surface area contributed by atoms with Gasteiger partial charge >= 0.3 is 6.03 Å². The van der Waals surface area contributed by atoms with E-state index in [1.54, 1.807) is 6.33 Å². The second-order valence-electron chi connectivity index (χ2n) is 8.08. The molecule has 1 saturated heterocycles. The molecule has 29 heavy (non-hydrogen) atoms. The second-order valence-corrected chi connectivity index (χ2v) is 8.08. The predicted molar refractivity (Wildman–Crippen MR) is 116 cm³/mol. The fourth-order valence-corrected chi connectivity index (χ4v) is 3.89. The van der Waals surface area contributed by atoms with E-state index in [1.807, 2.05) is 24.4 Å². The van der Waals surface area contributed by atoms with Crippen LogP contribution in [-0.2, 0) is 0 Å². The first-order chi connectivity index (χ1) is 14.1. The Balaban J connectivity index is 1.47. The number of anilines is 2. The first-order valence-corrected chi connectivity index (χ1v) is 10.3. The van der Waals surface area contributed by atoms with Crippen LogP contribution in [0.4, 0.5) is 16.3 Å². The van der Waals surface area contributed by atoms with Gasteiger partial charge in [0.05, 0.1) is 5.39 Å². The maximum absolute atomic E-state index is 12.1. The molecule has 1 aliphatic heterocycles. The van der Waals surface area contributed by atoms with Crippen LogP contribution < -0.4 is 15.5 Å². The maximum atomic E-state index is 12.1. The zero-order valence-electron chi connectivity index (χ0n) is 17.0. The molecule has 0 aliphatic carbocycles. The van der Waals surface area contributed by atoms with Crippen LogP contribution in [0, 0.1) is 5.92 Å². The predicted octanol–water partition coefficient (Wildman–Crippen LogP) is 4.12. The average molecular weight is 393 g/mol. The Labute approximate surface area is 170 Å². The Bertz CT molecular complexity index is 982. The Morgan fingerprint density at radius 3 is 3.07 bits per heavy atom. The van der Waals surface area contributed by atoms with Crippen molar-refractivity contribution in [1.29, 1.82) is 0 Å². The first-order valence-electron chi connectivity index (χ1n) is 10.3. The summed E-state index contributed by atoms with van der Waals surface area (Å²) in [5, 5.41) is 6.91. The van der Waals surface area contributed by atoms with E-state index in [-0.39, 0.29) is 6.03 Å². The number of nitrogens with zero attached hydrogens (tertiary/aromatic N) is 3. The van der Waals surface area contributed by atoms with Gasteiger partial charge < -0.3 is 20.5 Å². The largest absolute Gasteiger partial charge is 0.355 e. The third kappa shape index (κ3) is 4.50. The molecule has 3 aromatic rings. The van der Waals surface area contributed by atoms with Crippen molar-refractivity contribution in [1.82, 2.24) is 20.3 Å². The first kappa shape index (κ1) is 19.2. The molecule has 1 unspecified atom stereocenters. The van der Waals surface area contributed by atoms with Crippen molar-refractivity contribution in [3.63, 3.8) is 0 Å². The molecule has 4 rings (SSSR count). The molecular formula is C22H28N6O. The van der Waals surface area contributed by atoms with Crippen LogP contribution in [0.5, 0.6) is 0 Å². The van der Waals surface area contributed by atoms with Crippen molar-refractivity contribution in [2.75, 3.05) is 29.9 Å². The number of H-pyrrole nitrogens is 1. The van der Waals surface area contributed by atoms with Crippen molar-refractivity contribution in [3.8, 4) is 0 Å². The van der Waals surface area contributed by atoms with Crippen LogP contribution in [0.1, 0.15) is 38.2 Å². The van der Waals surface area contributed by atoms with E-state index in [2.05, 4.69) is 56.5 Å². The molecule has 2 aromatic heterocycles. The molecule has 0 spiro atoms. The van der Waals surface area contributed by atoms with Gasteiger partial charge in [-0.3, -0.25) is 0 Å². The number of nitrogens with one attached hydrogen (secondary N) is 3. The summed E-state index contributed by atoms with van der Waals surface area (Å²) in [5.41, 5.74) is 2.95. The monoisotopic (exact) mass is 392 g/mol. The fourth-order valence-electron chi connectivity index (χ4n) is 3.89. The number of hydrogen-bond donors (Lipinski definition) is 3. The Morgan fingerprint density at radius 2 is 2.21 bits per heavy atom. The zero-order chi connectivity index (χ0) is 20.2. The number of rotatable bonds is 5. The molecule has 1 aromatic carbocycles. The highest BCUT2D eigenvalue weighted by atomic mass is 16.2. The second kappa shape index (κ2) is 8.51. The van der Waals surface area contributed by atoms with Gasteiger partial charge in [-0.2, -0.15) is 0 Å². The van der Waals surface area contributed by atoms with Gasteiger partial charge in [0, 0.05) is 37.4 Å². The van der Waals surface area contributed by atoms with E-state index >= 15 is 0 Å². The number of carbonyl (C=O) groups excluding carboxylic acids is 1. The zero-order valence-corrected chi connectivity index (χ0v) is 17.0. The van der Waals surface area contributed by atoms with Gasteiger partial charge in [-0.25, -0.2) is 14.8 Å². The van der Waals surface area contributed by atoms with Crippen molar-refractivity contribution < 1.29 is 4.79 Å². The summed E-state index contributed by atoms with van der Waals surface area (Å²) in [5.74, 6) is 1.81. The molecule has 3 heterocycles. The van der Waals surface area contributed by atoms with Crippen LogP contribution >= 0.6 is 0 Å². The van der Waals surface area contributed by atoms with Crippen molar-refractivity contribution in [2.45, 2.75) is 32.6 Å². The fraction of sp³-hybridized carbons (Fsp3) is 0.409. The molecule has 152 valence electrons. The summed E-state index contributed by atoms with van der Waals surface area (Å²) in [6.07, 6.45) is 5.76. The highest BCUT2D eigenvalue weighted by Gasteiger charge is 2.24. The quantitative estimate of drug-likeness (QED) is 0.610. The number of aromatic nitrogens is 3. The van der Waals surface area contributed by atoms with Gasteiger partial charge in [0.15, 0.2) is 0 Å². The van der Waals surface area contributed by atoms with Gasteiger partial charge in [-0.1, -0.05) is 26.0 Å². The van der Waals surface area contributed by atoms with Gasteiger partial charge in [0.1, 0.15) is 17.8 Å². The summed E-state index contributed by atoms with van der Waals surface area (Å²) in [6.45, 7) is 6.71. The maximum Gasteiger partial charge on any atom is 0.319 e. The minimum Gasteiger partial charge on any atom is -0.355 e. The lowest BCUT2D eigenvalue weighted by Crippen LogP contribution is -2.35. The van der Waals surface area contributed by atoms with Crippen molar-refractivity contribution in [3.05, 3.63) is 48.4 Å². The SMILES string of the molecule is CC(C)CNC(=O)Nc1cccc(C2CCCN(c3ncnc4[nH]ccc34)C2)c1. The minimum absolute atomic E-state index is 0.156. The van der Waals surface area contributed by atoms with Crippen molar-refractivity contribution >= 4 is 28.6 Å². The minimum atomic E-state index is -0.156. The molecule has 0 radical (unpaired) electrons. The summed E-state index contributed by atoms with van der Waals surface area (Å²) in [6, 6.07) is 10.1. The number of amides is 2. The molecule has 0 bridgehead atoms. The normalized spacial score (nSPS) is 16.9. The summed E-state index contributed by atoms with van der Waals surface area (Å²) in [7, 11) is 0. The number of benzene rings is 1. The number of urea groups is 1. The lowest BCUT2D eigenvalue weighted by atomic mass is 9.90. The van der Waals surface area contributed by atoms with Gasteiger partial charge in [0.25, 0.3) is 0 Å². The number of hydrogen-bond acceptors (Lipinski definition) is 4. The van der Waals surface area contributed by atoms with Crippen LogP contribution in [0.15, 0.2) is 42.9 Å². The topological polar surface area (TPSA) is 85.9 Å². The molecule has 1 aliphatic rings. The molecule has 1 atom stereocenters. The Hall–Kier alpha value is -3.09. The standard InChI is InChI=1S/C22H28N6O/c1-15(2)12-24-22(29)27-18-7-3-5-16(11-18)17-6-4-10-28(13-17)21-19-8-9-23-20(19)25-14-26-21/h3,5,7-9,11,14-15,17H,4,6,10,12-13H2,1-2H3,(H,23,25,26)(H2,24,27,29). The Morgan fingerprint density at radius 1 is 1.31 bits per heavy atom. The average Bonchev–Trinajstić information content (AvgIpc) is 3.21. The highest BCUT2D eigenvalue weighted by molar-refractivity contribution is 5.89. The third-order valence-corrected chi connectivity index (χ3v) is 5.34. The molecule has 0 saturated carbocycles. The number of aromatic amines is 1. The van der Waals surface area contributed by atoms with Gasteiger partial charge in [0.2, 0.25) is 0 Å². The molecule has 7 heteroatoms. The highest BCUT2D eigenvalue weighted by Crippen LogP contribution is 2.32. The summed E-state index contributed by atoms with van der Waals surface area (Å²) < 4.78 is 0.